The van der Waals surface area contributed by atoms with Gasteiger partial charge in [-0.1, -0.05) is 39.2 Å². The molecule has 0 fully saturated rings. The number of phenolic OH excluding ortho intramolecular Hbond substituents is 2. The Morgan fingerprint density at radius 3 is 2.52 bits per heavy atom. The first-order valence-electron chi connectivity index (χ1n) is 7.47. The number of phenols is 2. The monoisotopic (exact) mass is 292 g/mol. The van der Waals surface area contributed by atoms with Gasteiger partial charge < -0.3 is 15.3 Å². The smallest absolute Gasteiger partial charge is 0.328 e. The van der Waals surface area contributed by atoms with Crippen molar-refractivity contribution in [2.45, 2.75) is 51.9 Å². The Morgan fingerprint density at radius 2 is 1.95 bits per heavy atom. The number of carbonyl (C=O) groups is 1. The lowest BCUT2D eigenvalue weighted by molar-refractivity contribution is -0.131. The second kappa shape index (κ2) is 8.35. The van der Waals surface area contributed by atoms with E-state index >= 15 is 0 Å². The van der Waals surface area contributed by atoms with E-state index in [0.29, 0.717) is 11.1 Å². The van der Waals surface area contributed by atoms with E-state index in [4.69, 9.17) is 5.11 Å². The van der Waals surface area contributed by atoms with Crippen molar-refractivity contribution >= 4 is 12.0 Å². The van der Waals surface area contributed by atoms with Crippen LogP contribution in [0.2, 0.25) is 0 Å². The van der Waals surface area contributed by atoms with Gasteiger partial charge in [0.15, 0.2) is 11.5 Å². The number of hydrogen-bond acceptors (Lipinski definition) is 3. The number of carboxylic acids is 1. The fourth-order valence-corrected chi connectivity index (χ4v) is 2.54. The molecule has 1 atom stereocenters. The molecule has 0 aliphatic heterocycles. The summed E-state index contributed by atoms with van der Waals surface area (Å²) >= 11 is 0. The van der Waals surface area contributed by atoms with E-state index in [9.17, 15) is 15.0 Å². The molecule has 0 saturated heterocycles. The van der Waals surface area contributed by atoms with Gasteiger partial charge in [0.2, 0.25) is 0 Å². The molecule has 1 aromatic rings. The predicted octanol–water partition coefficient (Wildman–Crippen LogP) is 4.27. The number of benzene rings is 1. The first-order valence-corrected chi connectivity index (χ1v) is 7.47. The number of rotatable bonds is 8. The molecule has 0 amide bonds. The summed E-state index contributed by atoms with van der Waals surface area (Å²) in [5.74, 6) is -1.22. The topological polar surface area (TPSA) is 77.8 Å². The average Bonchev–Trinajstić information content (AvgIpc) is 2.46. The molecule has 0 aliphatic carbocycles. The summed E-state index contributed by atoms with van der Waals surface area (Å²) in [5.41, 5.74) is 1.29. The Morgan fingerprint density at radius 1 is 1.24 bits per heavy atom. The van der Waals surface area contributed by atoms with E-state index in [2.05, 4.69) is 6.92 Å². The fraction of sp³-hybridized carbons (Fsp3) is 0.471. The van der Waals surface area contributed by atoms with Gasteiger partial charge in [0.1, 0.15) is 0 Å². The van der Waals surface area contributed by atoms with Crippen LogP contribution >= 0.6 is 0 Å². The molecule has 0 saturated carbocycles. The molecule has 1 rings (SSSR count). The quantitative estimate of drug-likeness (QED) is 0.380. The largest absolute Gasteiger partial charge is 0.504 e. The summed E-state index contributed by atoms with van der Waals surface area (Å²) in [6.45, 7) is 4.17. The van der Waals surface area contributed by atoms with Crippen LogP contribution in [0.4, 0.5) is 0 Å². The highest BCUT2D eigenvalue weighted by Crippen LogP contribution is 2.40. The number of aliphatic carboxylic acids is 1. The van der Waals surface area contributed by atoms with Crippen LogP contribution in [0.5, 0.6) is 11.5 Å². The highest BCUT2D eigenvalue weighted by molar-refractivity contribution is 5.86. The van der Waals surface area contributed by atoms with Crippen LogP contribution in [0.25, 0.3) is 6.08 Å². The lowest BCUT2D eigenvalue weighted by atomic mass is 9.86. The van der Waals surface area contributed by atoms with Crippen LogP contribution in [0.1, 0.15) is 63.0 Å². The minimum absolute atomic E-state index is 0.108. The lowest BCUT2D eigenvalue weighted by Crippen LogP contribution is -2.01. The predicted molar refractivity (Wildman–Crippen MR) is 83.6 cm³/mol. The van der Waals surface area contributed by atoms with Crippen molar-refractivity contribution in [1.82, 2.24) is 0 Å². The third kappa shape index (κ3) is 4.81. The van der Waals surface area contributed by atoms with Gasteiger partial charge >= 0.3 is 5.97 Å². The van der Waals surface area contributed by atoms with Gasteiger partial charge in [-0.3, -0.25) is 0 Å². The normalized spacial score (nSPS) is 12.7. The van der Waals surface area contributed by atoms with Crippen molar-refractivity contribution in [3.8, 4) is 11.5 Å². The average molecular weight is 292 g/mol. The molecule has 21 heavy (non-hydrogen) atoms. The molecule has 0 radical (unpaired) electrons. The Labute approximate surface area is 125 Å². The minimum Gasteiger partial charge on any atom is -0.504 e. The Hall–Kier alpha value is -1.97. The van der Waals surface area contributed by atoms with Gasteiger partial charge in [-0.25, -0.2) is 4.79 Å². The summed E-state index contributed by atoms with van der Waals surface area (Å²) in [7, 11) is 0. The lowest BCUT2D eigenvalue weighted by Gasteiger charge is -2.20. The van der Waals surface area contributed by atoms with Gasteiger partial charge in [-0.2, -0.15) is 0 Å². The van der Waals surface area contributed by atoms with Gasteiger partial charge in [0, 0.05) is 11.6 Å². The molecule has 0 aromatic heterocycles. The van der Waals surface area contributed by atoms with E-state index < -0.39 is 5.97 Å². The molecule has 4 heteroatoms. The highest BCUT2D eigenvalue weighted by Gasteiger charge is 2.19. The first kappa shape index (κ1) is 17.1. The zero-order valence-corrected chi connectivity index (χ0v) is 12.7. The van der Waals surface area contributed by atoms with Crippen molar-refractivity contribution in [3.05, 3.63) is 29.3 Å². The van der Waals surface area contributed by atoms with Gasteiger partial charge in [-0.15, -0.1) is 0 Å². The summed E-state index contributed by atoms with van der Waals surface area (Å²) in [4.78, 5) is 10.7. The van der Waals surface area contributed by atoms with Crippen molar-refractivity contribution in [2.24, 2.45) is 0 Å². The van der Waals surface area contributed by atoms with E-state index in [1.165, 1.54) is 12.1 Å². The van der Waals surface area contributed by atoms with E-state index in [1.807, 2.05) is 6.92 Å². The summed E-state index contributed by atoms with van der Waals surface area (Å²) in [6, 6.07) is 3.03. The third-order valence-electron chi connectivity index (χ3n) is 3.69. The van der Waals surface area contributed by atoms with E-state index in [1.54, 1.807) is 6.07 Å². The van der Waals surface area contributed by atoms with Crippen LogP contribution in [0.3, 0.4) is 0 Å². The molecule has 0 heterocycles. The van der Waals surface area contributed by atoms with Gasteiger partial charge in [0.05, 0.1) is 0 Å². The Kier molecular flexibility index (Phi) is 6.79. The van der Waals surface area contributed by atoms with Crippen molar-refractivity contribution < 1.29 is 20.1 Å². The molecular weight excluding hydrogens is 268 g/mol. The highest BCUT2D eigenvalue weighted by atomic mass is 16.4. The molecular formula is C17H24O4. The number of aromatic hydroxyl groups is 2. The van der Waals surface area contributed by atoms with Crippen LogP contribution in [-0.4, -0.2) is 21.3 Å². The van der Waals surface area contributed by atoms with Crippen molar-refractivity contribution in [2.75, 3.05) is 0 Å². The summed E-state index contributed by atoms with van der Waals surface area (Å²) < 4.78 is 0. The van der Waals surface area contributed by atoms with Crippen molar-refractivity contribution in [1.29, 1.82) is 0 Å². The Balaban J connectivity index is 3.15. The van der Waals surface area contributed by atoms with Crippen LogP contribution in [0.15, 0.2) is 18.2 Å². The third-order valence-corrected chi connectivity index (χ3v) is 3.69. The maximum absolute atomic E-state index is 10.7. The summed E-state index contributed by atoms with van der Waals surface area (Å²) in [5, 5.41) is 28.7. The molecule has 1 aromatic carbocycles. The number of carboxylic acid groups (broad SMARTS) is 1. The first-order chi connectivity index (χ1) is 10.0. The van der Waals surface area contributed by atoms with E-state index in [0.717, 1.165) is 38.2 Å². The minimum atomic E-state index is -1.03. The zero-order chi connectivity index (χ0) is 15.8. The van der Waals surface area contributed by atoms with Gasteiger partial charge in [0.25, 0.3) is 0 Å². The maximum Gasteiger partial charge on any atom is 0.328 e. The van der Waals surface area contributed by atoms with Crippen LogP contribution in [0, 0.1) is 0 Å². The molecule has 0 aliphatic rings. The van der Waals surface area contributed by atoms with Crippen LogP contribution in [-0.2, 0) is 4.79 Å². The molecule has 4 nitrogen and oxygen atoms in total. The zero-order valence-electron chi connectivity index (χ0n) is 12.7. The second-order valence-corrected chi connectivity index (χ2v) is 5.21. The Bertz CT molecular complexity index is 506. The maximum atomic E-state index is 10.7. The molecule has 0 bridgehead atoms. The molecule has 116 valence electrons. The number of unbranched alkanes of at least 4 members (excludes halogenated alkanes) is 2. The molecule has 3 N–H and O–H groups in total. The standard InChI is InChI=1S/C17H24O4/c1-3-5-6-7-12(4-2)16-13(9-11-15(19)20)8-10-14(18)17(16)21/h8-12,18,21H,3-7H2,1-2H3,(H,19,20). The molecule has 1 unspecified atom stereocenters. The SMILES string of the molecule is CCCCCC(CC)c1c(C=CC(=O)O)ccc(O)c1O. The fourth-order valence-electron chi connectivity index (χ4n) is 2.54. The van der Waals surface area contributed by atoms with E-state index in [-0.39, 0.29) is 17.4 Å². The number of hydrogen-bond donors (Lipinski definition) is 3. The summed E-state index contributed by atoms with van der Waals surface area (Å²) in [6.07, 6.45) is 7.55. The van der Waals surface area contributed by atoms with Gasteiger partial charge in [-0.05, 0) is 36.5 Å². The van der Waals surface area contributed by atoms with Crippen LogP contribution < -0.4 is 0 Å². The second-order valence-electron chi connectivity index (χ2n) is 5.21. The molecule has 0 spiro atoms. The van der Waals surface area contributed by atoms with Crippen molar-refractivity contribution in [3.63, 3.8) is 0 Å².